The SMILES string of the molecule is CCOC(=O)c1c(C)nn(-c2cc[nH]c(=O)c2)c1C. The van der Waals surface area contributed by atoms with E-state index in [9.17, 15) is 9.59 Å². The van der Waals surface area contributed by atoms with E-state index in [4.69, 9.17) is 4.74 Å². The van der Waals surface area contributed by atoms with Crippen molar-refractivity contribution in [3.63, 3.8) is 0 Å². The first-order valence-corrected chi connectivity index (χ1v) is 5.97. The Morgan fingerprint density at radius 2 is 2.21 bits per heavy atom. The van der Waals surface area contributed by atoms with Crippen LogP contribution in [0, 0.1) is 13.8 Å². The lowest BCUT2D eigenvalue weighted by Crippen LogP contribution is -2.09. The molecule has 19 heavy (non-hydrogen) atoms. The topological polar surface area (TPSA) is 77.0 Å². The first-order valence-electron chi connectivity index (χ1n) is 5.97. The molecule has 0 saturated heterocycles. The van der Waals surface area contributed by atoms with Gasteiger partial charge >= 0.3 is 5.97 Å². The maximum atomic E-state index is 11.9. The number of rotatable bonds is 3. The van der Waals surface area contributed by atoms with Gasteiger partial charge in [0, 0.05) is 12.3 Å². The summed E-state index contributed by atoms with van der Waals surface area (Å²) < 4.78 is 6.57. The normalized spacial score (nSPS) is 10.5. The molecule has 2 heterocycles. The van der Waals surface area contributed by atoms with Crippen molar-refractivity contribution in [3.8, 4) is 5.69 Å². The quantitative estimate of drug-likeness (QED) is 0.846. The van der Waals surface area contributed by atoms with Gasteiger partial charge in [0.05, 0.1) is 23.7 Å². The Balaban J connectivity index is 2.53. The molecule has 0 aliphatic rings. The van der Waals surface area contributed by atoms with Crippen LogP contribution in [0.4, 0.5) is 0 Å². The van der Waals surface area contributed by atoms with Crippen LogP contribution < -0.4 is 5.56 Å². The van der Waals surface area contributed by atoms with Crippen molar-refractivity contribution in [2.75, 3.05) is 6.61 Å². The summed E-state index contributed by atoms with van der Waals surface area (Å²) in [6, 6.07) is 3.14. The Kier molecular flexibility index (Phi) is 3.50. The summed E-state index contributed by atoms with van der Waals surface area (Å²) in [5.41, 5.74) is 2.07. The molecule has 6 heteroatoms. The third-order valence-corrected chi connectivity index (χ3v) is 2.77. The van der Waals surface area contributed by atoms with Gasteiger partial charge in [-0.15, -0.1) is 0 Å². The fraction of sp³-hybridized carbons (Fsp3) is 0.308. The van der Waals surface area contributed by atoms with Crippen LogP contribution in [0.5, 0.6) is 0 Å². The zero-order valence-corrected chi connectivity index (χ0v) is 11.1. The molecular formula is C13H15N3O3. The highest BCUT2D eigenvalue weighted by Gasteiger charge is 2.20. The number of aromatic nitrogens is 3. The molecule has 0 aliphatic carbocycles. The second-order valence-electron chi connectivity index (χ2n) is 4.09. The molecule has 0 bridgehead atoms. The van der Waals surface area contributed by atoms with Crippen molar-refractivity contribution >= 4 is 5.97 Å². The van der Waals surface area contributed by atoms with Gasteiger partial charge in [-0.1, -0.05) is 0 Å². The van der Waals surface area contributed by atoms with Crippen molar-refractivity contribution in [2.45, 2.75) is 20.8 Å². The number of aryl methyl sites for hydroxylation is 1. The summed E-state index contributed by atoms with van der Waals surface area (Å²) >= 11 is 0. The van der Waals surface area contributed by atoms with Crippen molar-refractivity contribution < 1.29 is 9.53 Å². The van der Waals surface area contributed by atoms with E-state index < -0.39 is 5.97 Å². The summed E-state index contributed by atoms with van der Waals surface area (Å²) in [5, 5.41) is 4.29. The third kappa shape index (κ3) is 2.42. The Bertz CT molecular complexity index is 670. The van der Waals surface area contributed by atoms with Crippen molar-refractivity contribution in [1.29, 1.82) is 0 Å². The summed E-state index contributed by atoms with van der Waals surface area (Å²) in [6.07, 6.45) is 1.54. The molecule has 0 spiro atoms. The van der Waals surface area contributed by atoms with Gasteiger partial charge in [0.2, 0.25) is 5.56 Å². The van der Waals surface area contributed by atoms with Crippen LogP contribution in [0.3, 0.4) is 0 Å². The molecule has 0 fully saturated rings. The molecule has 0 amide bonds. The Labute approximate surface area is 110 Å². The largest absolute Gasteiger partial charge is 0.462 e. The van der Waals surface area contributed by atoms with Crippen LogP contribution in [0.25, 0.3) is 5.69 Å². The molecule has 1 N–H and O–H groups in total. The number of pyridine rings is 1. The fourth-order valence-electron chi connectivity index (χ4n) is 1.96. The van der Waals surface area contributed by atoms with Gasteiger partial charge in [-0.05, 0) is 26.8 Å². The lowest BCUT2D eigenvalue weighted by atomic mass is 10.2. The molecule has 2 aromatic heterocycles. The van der Waals surface area contributed by atoms with Gasteiger partial charge in [0.25, 0.3) is 0 Å². The van der Waals surface area contributed by atoms with Crippen LogP contribution in [0.15, 0.2) is 23.1 Å². The zero-order valence-electron chi connectivity index (χ0n) is 11.1. The number of nitrogens with one attached hydrogen (secondary N) is 1. The molecule has 100 valence electrons. The van der Waals surface area contributed by atoms with Gasteiger partial charge in [-0.25, -0.2) is 9.48 Å². The second kappa shape index (κ2) is 5.09. The van der Waals surface area contributed by atoms with E-state index in [1.54, 1.807) is 31.5 Å². The van der Waals surface area contributed by atoms with Crippen LogP contribution in [-0.4, -0.2) is 27.3 Å². The molecule has 6 nitrogen and oxygen atoms in total. The third-order valence-electron chi connectivity index (χ3n) is 2.77. The summed E-state index contributed by atoms with van der Waals surface area (Å²) in [7, 11) is 0. The van der Waals surface area contributed by atoms with Crippen molar-refractivity contribution in [1.82, 2.24) is 14.8 Å². The Morgan fingerprint density at radius 1 is 1.47 bits per heavy atom. The average molecular weight is 261 g/mol. The second-order valence-corrected chi connectivity index (χ2v) is 4.09. The van der Waals surface area contributed by atoms with Crippen LogP contribution in [0.1, 0.15) is 28.7 Å². The van der Waals surface area contributed by atoms with Gasteiger partial charge in [-0.3, -0.25) is 4.79 Å². The maximum absolute atomic E-state index is 11.9. The number of hydrogen-bond acceptors (Lipinski definition) is 4. The van der Waals surface area contributed by atoms with E-state index in [0.717, 1.165) is 0 Å². The number of aromatic amines is 1. The smallest absolute Gasteiger partial charge is 0.341 e. The lowest BCUT2D eigenvalue weighted by Gasteiger charge is -2.04. The highest BCUT2D eigenvalue weighted by molar-refractivity contribution is 5.92. The van der Waals surface area contributed by atoms with E-state index in [0.29, 0.717) is 29.2 Å². The Hall–Kier alpha value is -2.37. The highest BCUT2D eigenvalue weighted by atomic mass is 16.5. The van der Waals surface area contributed by atoms with E-state index in [2.05, 4.69) is 10.1 Å². The summed E-state index contributed by atoms with van der Waals surface area (Å²) in [5.74, 6) is -0.395. The average Bonchev–Trinajstić information content (AvgIpc) is 2.65. The molecule has 0 unspecified atom stereocenters. The van der Waals surface area contributed by atoms with Crippen molar-refractivity contribution in [2.24, 2.45) is 0 Å². The first kappa shape index (κ1) is 13.1. The number of carbonyl (C=O) groups is 1. The zero-order chi connectivity index (χ0) is 14.0. The van der Waals surface area contributed by atoms with Crippen LogP contribution in [-0.2, 0) is 4.74 Å². The van der Waals surface area contributed by atoms with E-state index >= 15 is 0 Å². The van der Waals surface area contributed by atoms with Gasteiger partial charge in [0.15, 0.2) is 0 Å². The number of H-pyrrole nitrogens is 1. The maximum Gasteiger partial charge on any atom is 0.341 e. The number of ether oxygens (including phenoxy) is 1. The van der Waals surface area contributed by atoms with E-state index in [-0.39, 0.29) is 5.56 Å². The molecule has 0 aliphatic heterocycles. The van der Waals surface area contributed by atoms with Gasteiger partial charge in [0.1, 0.15) is 5.56 Å². The monoisotopic (exact) mass is 261 g/mol. The molecule has 2 rings (SSSR count). The van der Waals surface area contributed by atoms with Crippen LogP contribution >= 0.6 is 0 Å². The molecule has 0 atom stereocenters. The van der Waals surface area contributed by atoms with Gasteiger partial charge in [-0.2, -0.15) is 5.10 Å². The van der Waals surface area contributed by atoms with Crippen LogP contribution in [0.2, 0.25) is 0 Å². The molecule has 2 aromatic rings. The van der Waals surface area contributed by atoms with Gasteiger partial charge < -0.3 is 9.72 Å². The molecule has 0 saturated carbocycles. The minimum absolute atomic E-state index is 0.220. The molecular weight excluding hydrogens is 246 g/mol. The predicted molar refractivity (Wildman–Crippen MR) is 69.6 cm³/mol. The number of esters is 1. The summed E-state index contributed by atoms with van der Waals surface area (Å²) in [4.78, 5) is 25.7. The fourth-order valence-corrected chi connectivity index (χ4v) is 1.96. The van der Waals surface area contributed by atoms with E-state index in [1.807, 2.05) is 0 Å². The van der Waals surface area contributed by atoms with E-state index in [1.165, 1.54) is 12.3 Å². The predicted octanol–water partition coefficient (Wildman–Crippen LogP) is 1.35. The Morgan fingerprint density at radius 3 is 2.84 bits per heavy atom. The first-order chi connectivity index (χ1) is 9.04. The molecule has 0 radical (unpaired) electrons. The number of nitrogens with zero attached hydrogens (tertiary/aromatic N) is 2. The highest BCUT2D eigenvalue weighted by Crippen LogP contribution is 2.17. The lowest BCUT2D eigenvalue weighted by molar-refractivity contribution is 0.0524. The molecule has 0 aromatic carbocycles. The number of hydrogen-bond donors (Lipinski definition) is 1. The standard InChI is InChI=1S/C13H15N3O3/c1-4-19-13(18)12-8(2)15-16(9(12)3)10-5-6-14-11(17)7-10/h5-7H,4H2,1-3H3,(H,14,17). The minimum Gasteiger partial charge on any atom is -0.462 e. The number of carbonyl (C=O) groups excluding carboxylic acids is 1. The summed E-state index contributed by atoms with van der Waals surface area (Å²) in [6.45, 7) is 5.58. The van der Waals surface area contributed by atoms with Crippen molar-refractivity contribution in [3.05, 3.63) is 45.6 Å². The minimum atomic E-state index is -0.395.